The summed E-state index contributed by atoms with van der Waals surface area (Å²) in [6.45, 7) is 0.393. The molecule has 30 heavy (non-hydrogen) atoms. The van der Waals surface area contributed by atoms with Gasteiger partial charge in [-0.2, -0.15) is 0 Å². The first kappa shape index (κ1) is 20.1. The van der Waals surface area contributed by atoms with Crippen molar-refractivity contribution < 1.29 is 9.26 Å². The average Bonchev–Trinajstić information content (AvgIpc) is 3.05. The third kappa shape index (κ3) is 4.50. The van der Waals surface area contributed by atoms with Gasteiger partial charge in [-0.15, -0.1) is 4.74 Å². The summed E-state index contributed by atoms with van der Waals surface area (Å²) in [6, 6.07) is 20.5. The summed E-state index contributed by atoms with van der Waals surface area (Å²) in [4.78, 5) is 24.9. The van der Waals surface area contributed by atoms with Crippen molar-refractivity contribution >= 4 is 23.2 Å². The van der Waals surface area contributed by atoms with E-state index >= 15 is 0 Å². The highest BCUT2D eigenvalue weighted by Crippen LogP contribution is 2.28. The minimum atomic E-state index is -0.778. The molecule has 0 spiro atoms. The van der Waals surface area contributed by atoms with E-state index in [9.17, 15) is 9.59 Å². The van der Waals surface area contributed by atoms with Crippen LogP contribution in [0.25, 0.3) is 11.1 Å². The fourth-order valence-corrected chi connectivity index (χ4v) is 3.53. The van der Waals surface area contributed by atoms with Crippen LogP contribution in [0.3, 0.4) is 0 Å². The molecule has 0 saturated heterocycles. The van der Waals surface area contributed by atoms with Crippen LogP contribution in [-0.2, 0) is 13.2 Å². The van der Waals surface area contributed by atoms with E-state index < -0.39 is 11.4 Å². The Kier molecular flexibility index (Phi) is 5.79. The summed E-state index contributed by atoms with van der Waals surface area (Å²) in [6.07, 6.45) is 0. The predicted octanol–water partition coefficient (Wildman–Crippen LogP) is 4.73. The second-order valence-electron chi connectivity index (χ2n) is 6.56. The molecule has 0 unspecified atom stereocenters. The van der Waals surface area contributed by atoms with Crippen molar-refractivity contribution in [3.63, 3.8) is 0 Å². The zero-order valence-electron chi connectivity index (χ0n) is 15.6. The van der Waals surface area contributed by atoms with E-state index in [4.69, 9.17) is 32.5 Å². The van der Waals surface area contributed by atoms with Gasteiger partial charge in [-0.3, -0.25) is 0 Å². The third-order valence-electron chi connectivity index (χ3n) is 4.49. The smallest absolute Gasteiger partial charge is 0.440 e. The van der Waals surface area contributed by atoms with Crippen LogP contribution in [0.5, 0.6) is 5.75 Å². The molecule has 0 radical (unpaired) electrons. The Morgan fingerprint density at radius 1 is 0.900 bits per heavy atom. The van der Waals surface area contributed by atoms with Crippen LogP contribution in [0, 0.1) is 0 Å². The highest BCUT2D eigenvalue weighted by molar-refractivity contribution is 6.35. The van der Waals surface area contributed by atoms with Gasteiger partial charge < -0.3 is 9.26 Å². The lowest BCUT2D eigenvalue weighted by Gasteiger charge is -2.11. The van der Waals surface area contributed by atoms with Crippen LogP contribution in [-0.4, -0.2) is 9.72 Å². The predicted molar refractivity (Wildman–Crippen MR) is 115 cm³/mol. The maximum atomic E-state index is 11.7. The van der Waals surface area contributed by atoms with Crippen molar-refractivity contribution in [1.82, 2.24) is 9.72 Å². The summed E-state index contributed by atoms with van der Waals surface area (Å²) >= 11 is 12.4. The number of aromatic amines is 1. The molecular formula is C22H16Cl2N2O4. The Hall–Kier alpha value is -3.22. The molecule has 0 aliphatic heterocycles. The zero-order chi connectivity index (χ0) is 21.1. The molecule has 8 heteroatoms. The molecule has 4 aromatic rings. The Bertz CT molecular complexity index is 1290. The number of nitrogens with zero attached hydrogens (tertiary/aromatic N) is 1. The van der Waals surface area contributed by atoms with Gasteiger partial charge in [-0.05, 0) is 47.0 Å². The molecule has 0 amide bonds. The van der Waals surface area contributed by atoms with E-state index in [1.165, 1.54) is 0 Å². The standard InChI is InChI=1S/C22H16Cl2N2O4/c23-19-8-3-9-20(24)18(19)13-29-17-7-2-6-16(11-17)15-5-1-4-14(10-15)12-26-21(27)25-22(28)30-26/h1-11H,12-13H2,(H,25,27,28). The number of aromatic nitrogens is 2. The molecule has 152 valence electrons. The van der Waals surface area contributed by atoms with Crippen LogP contribution < -0.4 is 16.2 Å². The quantitative estimate of drug-likeness (QED) is 0.468. The first-order valence-corrected chi connectivity index (χ1v) is 9.81. The van der Waals surface area contributed by atoms with Crippen LogP contribution in [0.4, 0.5) is 0 Å². The Morgan fingerprint density at radius 2 is 1.57 bits per heavy atom. The molecule has 0 saturated carbocycles. The Balaban J connectivity index is 1.54. The fraction of sp³-hybridized carbons (Fsp3) is 0.0909. The monoisotopic (exact) mass is 442 g/mol. The van der Waals surface area contributed by atoms with Gasteiger partial charge in [-0.25, -0.2) is 14.6 Å². The molecule has 0 fully saturated rings. The molecule has 4 rings (SSSR count). The topological polar surface area (TPSA) is 77.2 Å². The van der Waals surface area contributed by atoms with E-state index in [-0.39, 0.29) is 13.2 Å². The number of H-pyrrole nitrogens is 1. The van der Waals surface area contributed by atoms with E-state index in [1.807, 2.05) is 48.5 Å². The summed E-state index contributed by atoms with van der Waals surface area (Å²) in [5.41, 5.74) is 2.82. The molecule has 1 aromatic heterocycles. The van der Waals surface area contributed by atoms with Gasteiger partial charge in [0, 0.05) is 15.6 Å². The molecule has 3 aromatic carbocycles. The number of nitrogens with one attached hydrogen (secondary N) is 1. The van der Waals surface area contributed by atoms with Crippen LogP contribution >= 0.6 is 23.2 Å². The van der Waals surface area contributed by atoms with E-state index in [2.05, 4.69) is 4.98 Å². The number of benzene rings is 3. The fourth-order valence-electron chi connectivity index (χ4n) is 3.02. The number of hydrogen-bond acceptors (Lipinski definition) is 4. The second-order valence-corrected chi connectivity index (χ2v) is 7.38. The lowest BCUT2D eigenvalue weighted by molar-refractivity contribution is 0.258. The zero-order valence-corrected chi connectivity index (χ0v) is 17.1. The number of halogens is 2. The molecular weight excluding hydrogens is 427 g/mol. The molecule has 0 aliphatic rings. The molecule has 1 heterocycles. The normalized spacial score (nSPS) is 10.9. The summed E-state index contributed by atoms with van der Waals surface area (Å²) < 4.78 is 11.7. The van der Waals surface area contributed by atoms with Gasteiger partial charge in [0.15, 0.2) is 0 Å². The van der Waals surface area contributed by atoms with Crippen molar-refractivity contribution in [2.45, 2.75) is 13.2 Å². The lowest BCUT2D eigenvalue weighted by Crippen LogP contribution is -2.17. The van der Waals surface area contributed by atoms with Gasteiger partial charge in [-0.1, -0.05) is 59.6 Å². The van der Waals surface area contributed by atoms with Crippen molar-refractivity contribution in [2.75, 3.05) is 0 Å². The highest BCUT2D eigenvalue weighted by atomic mass is 35.5. The Morgan fingerprint density at radius 3 is 2.27 bits per heavy atom. The minimum absolute atomic E-state index is 0.145. The second kappa shape index (κ2) is 8.65. The van der Waals surface area contributed by atoms with Crippen LogP contribution in [0.2, 0.25) is 10.0 Å². The molecule has 0 bridgehead atoms. The van der Waals surface area contributed by atoms with Crippen molar-refractivity contribution in [3.8, 4) is 16.9 Å². The van der Waals surface area contributed by atoms with Gasteiger partial charge in [0.1, 0.15) is 12.4 Å². The van der Waals surface area contributed by atoms with Gasteiger partial charge in [0.2, 0.25) is 0 Å². The van der Waals surface area contributed by atoms with Gasteiger partial charge >= 0.3 is 11.4 Å². The first-order valence-electron chi connectivity index (χ1n) is 9.05. The van der Waals surface area contributed by atoms with Gasteiger partial charge in [0.25, 0.3) is 0 Å². The average molecular weight is 443 g/mol. The number of ether oxygens (including phenoxy) is 1. The Labute approximate surface area is 181 Å². The molecule has 0 aliphatic carbocycles. The SMILES string of the molecule is O=c1[nH]c(=O)n(Cc2cccc(-c3cccc(OCc4c(Cl)cccc4Cl)c3)c2)o1. The third-order valence-corrected chi connectivity index (χ3v) is 5.20. The van der Waals surface area contributed by atoms with Crippen molar-refractivity contribution in [2.24, 2.45) is 0 Å². The first-order chi connectivity index (χ1) is 14.5. The number of hydrogen-bond donors (Lipinski definition) is 1. The highest BCUT2D eigenvalue weighted by Gasteiger charge is 2.08. The van der Waals surface area contributed by atoms with Crippen LogP contribution in [0.1, 0.15) is 11.1 Å². The maximum Gasteiger partial charge on any atom is 0.440 e. The maximum absolute atomic E-state index is 11.7. The molecule has 1 N–H and O–H groups in total. The van der Waals surface area contributed by atoms with E-state index in [1.54, 1.807) is 18.2 Å². The molecule has 0 atom stereocenters. The largest absolute Gasteiger partial charge is 0.489 e. The van der Waals surface area contributed by atoms with Crippen molar-refractivity contribution in [3.05, 3.63) is 109 Å². The summed E-state index contributed by atoms with van der Waals surface area (Å²) in [5, 5.41) is 1.11. The minimum Gasteiger partial charge on any atom is -0.489 e. The van der Waals surface area contributed by atoms with E-state index in [0.29, 0.717) is 15.8 Å². The van der Waals surface area contributed by atoms with Crippen molar-refractivity contribution in [1.29, 1.82) is 0 Å². The van der Waals surface area contributed by atoms with E-state index in [0.717, 1.165) is 27.0 Å². The van der Waals surface area contributed by atoms with Gasteiger partial charge in [0.05, 0.1) is 6.54 Å². The van der Waals surface area contributed by atoms with Crippen LogP contribution in [0.15, 0.2) is 80.8 Å². The lowest BCUT2D eigenvalue weighted by atomic mass is 10.0. The molecule has 6 nitrogen and oxygen atoms in total. The summed E-state index contributed by atoms with van der Waals surface area (Å²) in [7, 11) is 0. The summed E-state index contributed by atoms with van der Waals surface area (Å²) in [5.74, 6) is -0.110. The number of rotatable bonds is 6.